The molecule has 0 spiro atoms. The molecule has 0 atom stereocenters. The van der Waals surface area contributed by atoms with Gasteiger partial charge < -0.3 is 10.6 Å². The third kappa shape index (κ3) is 8.24. The van der Waals surface area contributed by atoms with Crippen molar-refractivity contribution >= 4 is 27.7 Å². The Kier molecular flexibility index (Phi) is 9.05. The van der Waals surface area contributed by atoms with Gasteiger partial charge >= 0.3 is 0 Å². The van der Waals surface area contributed by atoms with Crippen molar-refractivity contribution in [1.82, 2.24) is 10.6 Å². The summed E-state index contributed by atoms with van der Waals surface area (Å²) in [4.78, 5) is 4.62. The van der Waals surface area contributed by atoms with E-state index in [1.807, 2.05) is 18.7 Å². The Bertz CT molecular complexity index is 586. The van der Waals surface area contributed by atoms with E-state index in [0.717, 1.165) is 31.0 Å². The molecule has 0 unspecified atom stereocenters. The minimum atomic E-state index is -3.64. The van der Waals surface area contributed by atoms with Gasteiger partial charge in [-0.05, 0) is 49.5 Å². The van der Waals surface area contributed by atoms with E-state index >= 15 is 0 Å². The van der Waals surface area contributed by atoms with Crippen molar-refractivity contribution in [2.75, 3.05) is 25.1 Å². The Morgan fingerprint density at radius 2 is 1.91 bits per heavy atom. The van der Waals surface area contributed by atoms with Crippen LogP contribution >= 0.6 is 11.8 Å². The number of nitrogens with one attached hydrogen (secondary N) is 2. The van der Waals surface area contributed by atoms with Gasteiger partial charge in [-0.2, -0.15) is 11.8 Å². The monoisotopic (exact) mass is 358 g/mol. The van der Waals surface area contributed by atoms with E-state index in [0.29, 0.717) is 6.54 Å². The van der Waals surface area contributed by atoms with Crippen molar-refractivity contribution in [2.24, 2.45) is 10.1 Å². The Labute approximate surface area is 143 Å². The minimum absolute atomic E-state index is 0.115. The van der Waals surface area contributed by atoms with Gasteiger partial charge in [0.15, 0.2) is 5.96 Å². The van der Waals surface area contributed by atoms with Crippen LogP contribution in [0.1, 0.15) is 25.3 Å². The number of primary sulfonamides is 1. The summed E-state index contributed by atoms with van der Waals surface area (Å²) in [7, 11) is -3.64. The normalized spacial score (nSPS) is 12.2. The quantitative estimate of drug-likeness (QED) is 0.353. The fraction of sp³-hybridized carbons (Fsp3) is 0.533. The standard InChI is InChI=1S/C15H26N4O2S2/c1-3-17-15(18-10-4-5-11-22-2)19-12-13-6-8-14(9-7-13)23(16,20)21/h6-9H,3-5,10-12H2,1-2H3,(H2,16,20,21)(H2,17,18,19). The summed E-state index contributed by atoms with van der Waals surface area (Å²) in [5.41, 5.74) is 0.928. The second kappa shape index (κ2) is 10.5. The van der Waals surface area contributed by atoms with Gasteiger partial charge in [-0.25, -0.2) is 18.5 Å². The molecular weight excluding hydrogens is 332 g/mol. The van der Waals surface area contributed by atoms with Gasteiger partial charge in [-0.15, -0.1) is 0 Å². The largest absolute Gasteiger partial charge is 0.357 e. The maximum Gasteiger partial charge on any atom is 0.238 e. The number of rotatable bonds is 9. The highest BCUT2D eigenvalue weighted by Crippen LogP contribution is 2.09. The number of unbranched alkanes of at least 4 members (excludes halogenated alkanes) is 1. The lowest BCUT2D eigenvalue weighted by atomic mass is 10.2. The predicted octanol–water partition coefficient (Wildman–Crippen LogP) is 1.53. The summed E-state index contributed by atoms with van der Waals surface area (Å²) >= 11 is 1.86. The van der Waals surface area contributed by atoms with Crippen LogP contribution in [0.2, 0.25) is 0 Å². The number of aliphatic imine (C=N–C) groups is 1. The first-order valence-electron chi connectivity index (χ1n) is 7.60. The third-order valence-electron chi connectivity index (χ3n) is 3.08. The van der Waals surface area contributed by atoms with Crippen molar-refractivity contribution in [1.29, 1.82) is 0 Å². The zero-order valence-electron chi connectivity index (χ0n) is 13.7. The average Bonchev–Trinajstić information content (AvgIpc) is 2.52. The van der Waals surface area contributed by atoms with E-state index in [9.17, 15) is 8.42 Å². The summed E-state index contributed by atoms with van der Waals surface area (Å²) in [5.74, 6) is 1.94. The summed E-state index contributed by atoms with van der Waals surface area (Å²) in [6.45, 7) is 4.18. The highest BCUT2D eigenvalue weighted by molar-refractivity contribution is 7.98. The molecule has 130 valence electrons. The molecule has 0 aliphatic heterocycles. The molecule has 1 rings (SSSR count). The molecule has 4 N–H and O–H groups in total. The van der Waals surface area contributed by atoms with Gasteiger partial charge in [0.2, 0.25) is 10.0 Å². The molecule has 0 fully saturated rings. The van der Waals surface area contributed by atoms with Crippen LogP contribution in [0.4, 0.5) is 0 Å². The molecule has 6 nitrogen and oxygen atoms in total. The lowest BCUT2D eigenvalue weighted by molar-refractivity contribution is 0.598. The molecule has 1 aromatic carbocycles. The predicted molar refractivity (Wildman–Crippen MR) is 98.2 cm³/mol. The number of hydrogen-bond acceptors (Lipinski definition) is 4. The van der Waals surface area contributed by atoms with Crippen molar-refractivity contribution < 1.29 is 8.42 Å². The Morgan fingerprint density at radius 1 is 1.22 bits per heavy atom. The van der Waals surface area contributed by atoms with E-state index < -0.39 is 10.0 Å². The SMILES string of the molecule is CCNC(=NCc1ccc(S(N)(=O)=O)cc1)NCCCCSC. The molecule has 0 amide bonds. The lowest BCUT2D eigenvalue weighted by Gasteiger charge is -2.11. The molecule has 0 heterocycles. The fourth-order valence-electron chi connectivity index (χ4n) is 1.87. The molecular formula is C15H26N4O2S2. The van der Waals surface area contributed by atoms with Crippen LogP contribution in [0.3, 0.4) is 0 Å². The topological polar surface area (TPSA) is 96.6 Å². The number of nitrogens with zero attached hydrogens (tertiary/aromatic N) is 1. The zero-order chi connectivity index (χ0) is 17.1. The molecule has 0 bridgehead atoms. The van der Waals surface area contributed by atoms with Crippen molar-refractivity contribution in [3.05, 3.63) is 29.8 Å². The fourth-order valence-corrected chi connectivity index (χ4v) is 2.88. The van der Waals surface area contributed by atoms with Crippen molar-refractivity contribution in [2.45, 2.75) is 31.2 Å². The first-order valence-corrected chi connectivity index (χ1v) is 10.5. The summed E-state index contributed by atoms with van der Waals surface area (Å²) < 4.78 is 22.4. The summed E-state index contributed by atoms with van der Waals surface area (Å²) in [6, 6.07) is 6.46. The Hall–Kier alpha value is -1.25. The molecule has 0 saturated heterocycles. The van der Waals surface area contributed by atoms with Gasteiger partial charge in [0, 0.05) is 13.1 Å². The van der Waals surface area contributed by atoms with Crippen LogP contribution in [-0.2, 0) is 16.6 Å². The second-order valence-electron chi connectivity index (χ2n) is 5.01. The number of benzene rings is 1. The number of guanidine groups is 1. The highest BCUT2D eigenvalue weighted by Gasteiger charge is 2.06. The van der Waals surface area contributed by atoms with Gasteiger partial charge in [-0.1, -0.05) is 12.1 Å². The van der Waals surface area contributed by atoms with Crippen molar-refractivity contribution in [3.63, 3.8) is 0 Å². The van der Waals surface area contributed by atoms with Crippen LogP contribution in [-0.4, -0.2) is 39.5 Å². The van der Waals surface area contributed by atoms with Gasteiger partial charge in [0.25, 0.3) is 0 Å². The molecule has 1 aromatic rings. The number of hydrogen-bond donors (Lipinski definition) is 3. The minimum Gasteiger partial charge on any atom is -0.357 e. The molecule has 0 radical (unpaired) electrons. The first kappa shape index (κ1) is 19.8. The van der Waals surface area contributed by atoms with Crippen LogP contribution in [0.25, 0.3) is 0 Å². The number of thioether (sulfide) groups is 1. The van der Waals surface area contributed by atoms with Gasteiger partial charge in [0.1, 0.15) is 0 Å². The number of nitrogens with two attached hydrogens (primary N) is 1. The van der Waals surface area contributed by atoms with Crippen LogP contribution in [0.15, 0.2) is 34.2 Å². The van der Waals surface area contributed by atoms with E-state index in [4.69, 9.17) is 5.14 Å². The van der Waals surface area contributed by atoms with Crippen LogP contribution < -0.4 is 15.8 Å². The average molecular weight is 359 g/mol. The first-order chi connectivity index (χ1) is 11.0. The van der Waals surface area contributed by atoms with Crippen LogP contribution in [0, 0.1) is 0 Å². The summed E-state index contributed by atoms with van der Waals surface area (Å²) in [6.07, 6.45) is 4.40. The molecule has 8 heteroatoms. The van der Waals surface area contributed by atoms with E-state index in [2.05, 4.69) is 21.9 Å². The maximum atomic E-state index is 11.2. The molecule has 0 saturated carbocycles. The smallest absolute Gasteiger partial charge is 0.238 e. The van der Waals surface area contributed by atoms with Crippen molar-refractivity contribution in [3.8, 4) is 0 Å². The molecule has 0 aliphatic rings. The zero-order valence-corrected chi connectivity index (χ0v) is 15.3. The van der Waals surface area contributed by atoms with E-state index in [-0.39, 0.29) is 4.90 Å². The molecule has 0 aromatic heterocycles. The maximum absolute atomic E-state index is 11.2. The lowest BCUT2D eigenvalue weighted by Crippen LogP contribution is -2.37. The van der Waals surface area contributed by atoms with Gasteiger partial charge in [0.05, 0.1) is 11.4 Å². The van der Waals surface area contributed by atoms with Gasteiger partial charge in [-0.3, -0.25) is 0 Å². The van der Waals surface area contributed by atoms with Crippen LogP contribution in [0.5, 0.6) is 0 Å². The number of sulfonamides is 1. The summed E-state index contributed by atoms with van der Waals surface area (Å²) in [5, 5.41) is 11.6. The van der Waals surface area contributed by atoms with E-state index in [1.54, 1.807) is 12.1 Å². The molecule has 0 aliphatic carbocycles. The third-order valence-corrected chi connectivity index (χ3v) is 4.71. The Balaban J connectivity index is 2.55. The highest BCUT2D eigenvalue weighted by atomic mass is 32.2. The van der Waals surface area contributed by atoms with E-state index in [1.165, 1.54) is 24.3 Å². The Morgan fingerprint density at radius 3 is 2.48 bits per heavy atom. The second-order valence-corrected chi connectivity index (χ2v) is 7.56. The molecule has 23 heavy (non-hydrogen) atoms.